The van der Waals surface area contributed by atoms with Crippen LogP contribution in [0.5, 0.6) is 0 Å². The van der Waals surface area contributed by atoms with Crippen molar-refractivity contribution in [2.24, 2.45) is 5.73 Å². The lowest BCUT2D eigenvalue weighted by Gasteiger charge is -2.06. The van der Waals surface area contributed by atoms with E-state index in [1.807, 2.05) is 12.1 Å². The number of carbonyl (C=O) groups excluding carboxylic acids is 1. The highest BCUT2D eigenvalue weighted by Crippen LogP contribution is 2.23. The summed E-state index contributed by atoms with van der Waals surface area (Å²) in [6, 6.07) is 8.93. The van der Waals surface area contributed by atoms with Crippen molar-refractivity contribution in [3.63, 3.8) is 0 Å². The quantitative estimate of drug-likeness (QED) is 0.567. The Labute approximate surface area is 163 Å². The van der Waals surface area contributed by atoms with E-state index in [0.29, 0.717) is 29.8 Å². The first kappa shape index (κ1) is 20.6. The van der Waals surface area contributed by atoms with Gasteiger partial charge in [-0.1, -0.05) is 19.0 Å². The highest BCUT2D eigenvalue weighted by Gasteiger charge is 2.17. The number of carbonyl (C=O) groups is 1. The number of hydrogen-bond acceptors (Lipinski definition) is 6. The van der Waals surface area contributed by atoms with Gasteiger partial charge in [0.05, 0.1) is 12.2 Å². The van der Waals surface area contributed by atoms with Gasteiger partial charge in [-0.2, -0.15) is 5.10 Å². The third-order valence-electron chi connectivity index (χ3n) is 4.28. The molecule has 0 unspecified atom stereocenters. The molecule has 0 atom stereocenters. The van der Waals surface area contributed by atoms with Crippen molar-refractivity contribution >= 4 is 24.0 Å². The molecule has 0 saturated heterocycles. The van der Waals surface area contributed by atoms with Gasteiger partial charge in [-0.25, -0.2) is 4.98 Å². The van der Waals surface area contributed by atoms with E-state index in [0.717, 1.165) is 24.1 Å². The summed E-state index contributed by atoms with van der Waals surface area (Å²) in [5.74, 6) is 1.37. The minimum absolute atomic E-state index is 0. The fourth-order valence-electron chi connectivity index (χ4n) is 2.71. The summed E-state index contributed by atoms with van der Waals surface area (Å²) in [6.07, 6.45) is 1.91. The monoisotopic (exact) mass is 390 g/mol. The Morgan fingerprint density at radius 3 is 2.56 bits per heavy atom. The zero-order chi connectivity index (χ0) is 18.5. The summed E-state index contributed by atoms with van der Waals surface area (Å²) < 4.78 is 5.19. The molecule has 27 heavy (non-hydrogen) atoms. The molecule has 0 spiro atoms. The van der Waals surface area contributed by atoms with E-state index in [2.05, 4.69) is 39.5 Å². The number of halogens is 1. The highest BCUT2D eigenvalue weighted by atomic mass is 35.5. The maximum Gasteiger partial charge on any atom is 0.294 e. The van der Waals surface area contributed by atoms with Crippen molar-refractivity contribution in [2.45, 2.75) is 39.2 Å². The number of rotatable bonds is 7. The van der Waals surface area contributed by atoms with E-state index in [4.69, 9.17) is 10.3 Å². The number of benzene rings is 1. The molecule has 144 valence electrons. The molecule has 0 saturated carbocycles. The number of nitrogens with one attached hydrogen (secondary N) is 2. The molecule has 1 amide bonds. The van der Waals surface area contributed by atoms with Gasteiger partial charge in [0.15, 0.2) is 5.82 Å². The molecular weight excluding hydrogens is 368 g/mol. The molecule has 8 nitrogen and oxygen atoms in total. The van der Waals surface area contributed by atoms with Crippen LogP contribution >= 0.6 is 12.4 Å². The van der Waals surface area contributed by atoms with Gasteiger partial charge in [-0.3, -0.25) is 9.89 Å². The van der Waals surface area contributed by atoms with Crippen molar-refractivity contribution in [3.8, 4) is 11.4 Å². The minimum atomic E-state index is -0.328. The predicted molar refractivity (Wildman–Crippen MR) is 105 cm³/mol. The molecular formula is C18H23ClN6O2. The van der Waals surface area contributed by atoms with Crippen LogP contribution in [0.15, 0.2) is 34.9 Å². The van der Waals surface area contributed by atoms with E-state index in [9.17, 15) is 4.79 Å². The topological polar surface area (TPSA) is 123 Å². The average molecular weight is 391 g/mol. The van der Waals surface area contributed by atoms with E-state index in [-0.39, 0.29) is 24.1 Å². The number of nitrogens with zero attached hydrogens (tertiary/aromatic N) is 3. The SMILES string of the molecule is CCC(CC)c1cc(C(=O)Nc2ccc(-c3n[nH]c(CN)n3)cc2)on1.Cl. The molecule has 0 aliphatic rings. The van der Waals surface area contributed by atoms with Gasteiger partial charge in [0.1, 0.15) is 5.82 Å². The Hall–Kier alpha value is -2.71. The molecule has 0 aliphatic carbocycles. The van der Waals surface area contributed by atoms with E-state index >= 15 is 0 Å². The van der Waals surface area contributed by atoms with E-state index in [1.54, 1.807) is 18.2 Å². The van der Waals surface area contributed by atoms with Gasteiger partial charge in [-0.15, -0.1) is 12.4 Å². The molecule has 0 fully saturated rings. The van der Waals surface area contributed by atoms with Crippen molar-refractivity contribution in [3.05, 3.63) is 47.6 Å². The number of amides is 1. The Morgan fingerprint density at radius 2 is 1.96 bits per heavy atom. The normalized spacial score (nSPS) is 10.7. The second-order valence-corrected chi connectivity index (χ2v) is 5.97. The van der Waals surface area contributed by atoms with Crippen LogP contribution in [0, 0.1) is 0 Å². The molecule has 9 heteroatoms. The van der Waals surface area contributed by atoms with Crippen LogP contribution in [0.2, 0.25) is 0 Å². The van der Waals surface area contributed by atoms with Crippen LogP contribution in [0.4, 0.5) is 5.69 Å². The van der Waals surface area contributed by atoms with Gasteiger partial charge >= 0.3 is 0 Å². The minimum Gasteiger partial charge on any atom is -0.351 e. The number of nitrogens with two attached hydrogens (primary N) is 1. The summed E-state index contributed by atoms with van der Waals surface area (Å²) in [6.45, 7) is 4.49. The fraction of sp³-hybridized carbons (Fsp3) is 0.333. The summed E-state index contributed by atoms with van der Waals surface area (Å²) in [4.78, 5) is 16.6. The zero-order valence-electron chi connectivity index (χ0n) is 15.2. The first-order chi connectivity index (χ1) is 12.6. The summed E-state index contributed by atoms with van der Waals surface area (Å²) >= 11 is 0. The Kier molecular flexibility index (Phi) is 7.09. The van der Waals surface area contributed by atoms with Gasteiger partial charge in [0.2, 0.25) is 5.76 Å². The largest absolute Gasteiger partial charge is 0.351 e. The lowest BCUT2D eigenvalue weighted by Crippen LogP contribution is -2.10. The summed E-state index contributed by atoms with van der Waals surface area (Å²) in [7, 11) is 0. The van der Waals surface area contributed by atoms with Crippen molar-refractivity contribution in [2.75, 3.05) is 5.32 Å². The highest BCUT2D eigenvalue weighted by molar-refractivity contribution is 6.02. The number of anilines is 1. The fourth-order valence-corrected chi connectivity index (χ4v) is 2.71. The molecule has 3 aromatic rings. The van der Waals surface area contributed by atoms with Crippen LogP contribution in [0.1, 0.15) is 54.7 Å². The molecule has 0 aliphatic heterocycles. The van der Waals surface area contributed by atoms with Crippen LogP contribution in [0.25, 0.3) is 11.4 Å². The number of H-pyrrole nitrogens is 1. The van der Waals surface area contributed by atoms with Gasteiger partial charge in [0, 0.05) is 23.2 Å². The van der Waals surface area contributed by atoms with Crippen LogP contribution < -0.4 is 11.1 Å². The lowest BCUT2D eigenvalue weighted by atomic mass is 9.99. The van der Waals surface area contributed by atoms with Crippen molar-refractivity contribution in [1.82, 2.24) is 20.3 Å². The molecule has 1 aromatic carbocycles. The molecule has 0 bridgehead atoms. The third-order valence-corrected chi connectivity index (χ3v) is 4.28. The standard InChI is InChI=1S/C18H22N6O2.ClH/c1-3-11(4-2)14-9-15(26-24-14)18(25)20-13-7-5-12(6-8-13)17-21-16(10-19)22-23-17;/h5-9,11H,3-4,10,19H2,1-2H3,(H,20,25)(H,21,22,23);1H. The van der Waals surface area contributed by atoms with Gasteiger partial charge in [0.25, 0.3) is 5.91 Å². The number of aromatic nitrogens is 4. The van der Waals surface area contributed by atoms with Gasteiger partial charge < -0.3 is 15.6 Å². The summed E-state index contributed by atoms with van der Waals surface area (Å²) in [5, 5.41) is 13.7. The first-order valence-electron chi connectivity index (χ1n) is 8.64. The molecule has 2 aromatic heterocycles. The smallest absolute Gasteiger partial charge is 0.294 e. The number of hydrogen-bond donors (Lipinski definition) is 3. The predicted octanol–water partition coefficient (Wildman–Crippen LogP) is 3.50. The van der Waals surface area contributed by atoms with Crippen LogP contribution in [-0.2, 0) is 6.54 Å². The average Bonchev–Trinajstić information content (AvgIpc) is 3.33. The maximum absolute atomic E-state index is 12.3. The second kappa shape index (κ2) is 9.29. The van der Waals surface area contributed by atoms with Crippen LogP contribution in [-0.4, -0.2) is 26.2 Å². The second-order valence-electron chi connectivity index (χ2n) is 5.97. The van der Waals surface area contributed by atoms with Gasteiger partial charge in [-0.05, 0) is 37.1 Å². The van der Waals surface area contributed by atoms with Crippen molar-refractivity contribution in [1.29, 1.82) is 0 Å². The summed E-state index contributed by atoms with van der Waals surface area (Å²) in [5.41, 5.74) is 7.81. The molecule has 4 N–H and O–H groups in total. The zero-order valence-corrected chi connectivity index (χ0v) is 16.0. The molecule has 2 heterocycles. The van der Waals surface area contributed by atoms with Crippen molar-refractivity contribution < 1.29 is 9.32 Å². The maximum atomic E-state index is 12.3. The Morgan fingerprint density at radius 1 is 1.26 bits per heavy atom. The van der Waals surface area contributed by atoms with E-state index < -0.39 is 0 Å². The Balaban J connectivity index is 0.00000261. The molecule has 3 rings (SSSR count). The lowest BCUT2D eigenvalue weighted by molar-refractivity contribution is 0.0987. The van der Waals surface area contributed by atoms with E-state index in [1.165, 1.54) is 0 Å². The first-order valence-corrected chi connectivity index (χ1v) is 8.64. The molecule has 0 radical (unpaired) electrons. The Bertz CT molecular complexity index is 870. The van der Waals surface area contributed by atoms with Crippen LogP contribution in [0.3, 0.4) is 0 Å². The number of aromatic amines is 1. The third kappa shape index (κ3) is 4.72.